The number of aromatic amines is 1. The van der Waals surface area contributed by atoms with Gasteiger partial charge in [-0.05, 0) is 37.8 Å². The lowest BCUT2D eigenvalue weighted by Gasteiger charge is -2.39. The van der Waals surface area contributed by atoms with Gasteiger partial charge in [-0.3, -0.25) is 19.4 Å². The molecule has 13 heteroatoms. The number of nitrogens with zero attached hydrogens (tertiary/aromatic N) is 6. The highest BCUT2D eigenvalue weighted by Gasteiger charge is 2.52. The summed E-state index contributed by atoms with van der Waals surface area (Å²) in [6.07, 6.45) is 4.06. The second-order valence-corrected chi connectivity index (χ2v) is 11.9. The molecule has 1 N–H and O–H groups in total. The molecule has 4 aliphatic rings. The van der Waals surface area contributed by atoms with E-state index in [-0.39, 0.29) is 29.0 Å². The first-order chi connectivity index (χ1) is 20.3. The van der Waals surface area contributed by atoms with Crippen LogP contribution in [0.1, 0.15) is 40.9 Å². The van der Waals surface area contributed by atoms with Gasteiger partial charge in [0.05, 0.1) is 24.2 Å². The van der Waals surface area contributed by atoms with E-state index in [1.54, 1.807) is 22.9 Å². The van der Waals surface area contributed by atoms with Crippen LogP contribution in [0.2, 0.25) is 5.02 Å². The fraction of sp³-hybridized carbons (Fsp3) is 0.483. The van der Waals surface area contributed by atoms with Crippen molar-refractivity contribution in [2.75, 3.05) is 74.7 Å². The number of nitrogens with one attached hydrogen (secondary N) is 1. The summed E-state index contributed by atoms with van der Waals surface area (Å²) >= 11 is 6.92. The van der Waals surface area contributed by atoms with Gasteiger partial charge in [-0.2, -0.15) is 4.98 Å². The largest absolute Gasteiger partial charge is 0.444 e. The van der Waals surface area contributed by atoms with Crippen LogP contribution < -0.4 is 20.3 Å². The number of hydrogen-bond donors (Lipinski definition) is 1. The minimum atomic E-state index is -0.782. The van der Waals surface area contributed by atoms with E-state index in [1.165, 1.54) is 6.26 Å². The molecule has 0 saturated carbocycles. The highest BCUT2D eigenvalue weighted by Crippen LogP contribution is 2.52. The lowest BCUT2D eigenvalue weighted by molar-refractivity contribution is -0.123. The zero-order chi connectivity index (χ0) is 29.2. The van der Waals surface area contributed by atoms with Crippen LogP contribution >= 0.6 is 11.6 Å². The third-order valence-electron chi connectivity index (χ3n) is 9.07. The Morgan fingerprint density at radius 2 is 1.81 bits per heavy atom. The van der Waals surface area contributed by atoms with Crippen LogP contribution in [-0.2, 0) is 21.4 Å². The summed E-state index contributed by atoms with van der Waals surface area (Å²) in [7, 11) is 3.71. The number of H-pyrrole nitrogens is 1. The number of carbonyl (C=O) groups is 2. The van der Waals surface area contributed by atoms with Crippen LogP contribution in [0.15, 0.2) is 27.6 Å². The van der Waals surface area contributed by atoms with Crippen molar-refractivity contribution in [2.24, 2.45) is 0 Å². The van der Waals surface area contributed by atoms with E-state index in [2.05, 4.69) is 9.97 Å². The van der Waals surface area contributed by atoms with Crippen LogP contribution in [0.4, 0.5) is 17.5 Å². The number of oxazole rings is 1. The third-order valence-corrected chi connectivity index (χ3v) is 9.37. The highest BCUT2D eigenvalue weighted by molar-refractivity contribution is 6.33. The summed E-state index contributed by atoms with van der Waals surface area (Å²) in [5.74, 6) is 1.31. The van der Waals surface area contributed by atoms with E-state index in [4.69, 9.17) is 25.7 Å². The predicted octanol–water partition coefficient (Wildman–Crippen LogP) is 2.45. The van der Waals surface area contributed by atoms with E-state index >= 15 is 0 Å². The Balaban J connectivity index is 1.15. The number of anilines is 3. The van der Waals surface area contributed by atoms with Gasteiger partial charge < -0.3 is 28.8 Å². The van der Waals surface area contributed by atoms with Gasteiger partial charge in [-0.25, -0.2) is 4.98 Å². The summed E-state index contributed by atoms with van der Waals surface area (Å²) in [6.45, 7) is 3.95. The number of piperidine rings is 1. The quantitative estimate of drug-likeness (QED) is 0.487. The Morgan fingerprint density at radius 3 is 2.57 bits per heavy atom. The molecule has 2 amide bonds. The molecule has 7 rings (SSSR count). The molecule has 3 aromatic rings. The Bertz CT molecular complexity index is 1640. The van der Waals surface area contributed by atoms with Crippen molar-refractivity contribution in [3.05, 3.63) is 50.6 Å². The molecule has 0 atom stereocenters. The average molecular weight is 594 g/mol. The number of aromatic nitrogens is 3. The van der Waals surface area contributed by atoms with Gasteiger partial charge in [0.15, 0.2) is 5.69 Å². The molecule has 2 saturated heterocycles. The van der Waals surface area contributed by atoms with Gasteiger partial charge in [0.1, 0.15) is 12.1 Å². The first kappa shape index (κ1) is 27.0. The van der Waals surface area contributed by atoms with Gasteiger partial charge in [0, 0.05) is 68.7 Å². The lowest BCUT2D eigenvalue weighted by atomic mass is 9.73. The summed E-state index contributed by atoms with van der Waals surface area (Å²) < 4.78 is 11.0. The molecule has 2 aromatic heterocycles. The number of halogens is 1. The molecule has 6 heterocycles. The van der Waals surface area contributed by atoms with Crippen LogP contribution in [0.5, 0.6) is 0 Å². The number of rotatable bonds is 3. The van der Waals surface area contributed by atoms with Gasteiger partial charge in [-0.1, -0.05) is 11.6 Å². The highest BCUT2D eigenvalue weighted by atomic mass is 35.5. The van der Waals surface area contributed by atoms with E-state index in [9.17, 15) is 14.4 Å². The van der Waals surface area contributed by atoms with E-state index in [1.807, 2.05) is 22.9 Å². The Hall–Kier alpha value is -3.90. The van der Waals surface area contributed by atoms with Gasteiger partial charge in [0.25, 0.3) is 11.5 Å². The summed E-state index contributed by atoms with van der Waals surface area (Å²) in [4.78, 5) is 59.1. The van der Waals surface area contributed by atoms with Crippen molar-refractivity contribution in [1.29, 1.82) is 0 Å². The van der Waals surface area contributed by atoms with Crippen molar-refractivity contribution >= 4 is 40.9 Å². The molecular weight excluding hydrogens is 562 g/mol. The van der Waals surface area contributed by atoms with Gasteiger partial charge in [0.2, 0.25) is 17.7 Å². The van der Waals surface area contributed by atoms with Crippen LogP contribution in [-0.4, -0.2) is 91.7 Å². The Kier molecular flexibility index (Phi) is 6.50. The minimum Gasteiger partial charge on any atom is -0.444 e. The van der Waals surface area contributed by atoms with Crippen LogP contribution in [0.3, 0.4) is 0 Å². The number of amides is 2. The predicted molar refractivity (Wildman–Crippen MR) is 157 cm³/mol. The zero-order valence-corrected chi connectivity index (χ0v) is 24.4. The summed E-state index contributed by atoms with van der Waals surface area (Å²) in [5.41, 5.74) is 2.16. The molecule has 1 aromatic carbocycles. The molecule has 42 heavy (non-hydrogen) atoms. The Morgan fingerprint density at radius 1 is 1.05 bits per heavy atom. The molecule has 220 valence electrons. The van der Waals surface area contributed by atoms with Crippen molar-refractivity contribution in [3.8, 4) is 11.5 Å². The molecule has 0 aliphatic carbocycles. The monoisotopic (exact) mass is 593 g/mol. The first-order valence-corrected chi connectivity index (χ1v) is 14.7. The molecule has 0 bridgehead atoms. The maximum atomic E-state index is 13.8. The van der Waals surface area contributed by atoms with Crippen molar-refractivity contribution in [3.63, 3.8) is 0 Å². The minimum absolute atomic E-state index is 0.0154. The van der Waals surface area contributed by atoms with Crippen molar-refractivity contribution in [1.82, 2.24) is 19.9 Å². The number of benzene rings is 1. The van der Waals surface area contributed by atoms with Crippen LogP contribution in [0, 0.1) is 0 Å². The van der Waals surface area contributed by atoms with E-state index in [0.29, 0.717) is 74.5 Å². The second-order valence-electron chi connectivity index (χ2n) is 11.4. The number of carbonyl (C=O) groups excluding carboxylic acids is 2. The van der Waals surface area contributed by atoms with Gasteiger partial charge >= 0.3 is 0 Å². The maximum absolute atomic E-state index is 13.8. The summed E-state index contributed by atoms with van der Waals surface area (Å²) in [6, 6.07) is 3.61. The number of hydrogen-bond acceptors (Lipinski definition) is 9. The lowest BCUT2D eigenvalue weighted by Crippen LogP contribution is -2.49. The second kappa shape index (κ2) is 10.1. The van der Waals surface area contributed by atoms with Crippen molar-refractivity contribution in [2.45, 2.75) is 31.1 Å². The molecule has 0 unspecified atom stereocenters. The third kappa shape index (κ3) is 4.18. The average Bonchev–Trinajstić information content (AvgIpc) is 3.57. The molecule has 4 aliphatic heterocycles. The topological polar surface area (TPSA) is 128 Å². The maximum Gasteiger partial charge on any atom is 0.275 e. The SMILES string of the molecule is CN1CCCc2c1nc(N1CCC3(CC1)C(=O)N(C)c1cc(-c4nc(C(=O)N5CCOCC5)co4)cc(Cl)c13)[nH]c2=O. The van der Waals surface area contributed by atoms with Gasteiger partial charge in [-0.15, -0.1) is 0 Å². The normalized spacial score (nSPS) is 19.8. The molecule has 12 nitrogen and oxygen atoms in total. The molecular formula is C29H32ClN7O5. The van der Waals surface area contributed by atoms with Crippen molar-refractivity contribution < 1.29 is 18.7 Å². The molecule has 0 radical (unpaired) electrons. The first-order valence-electron chi connectivity index (χ1n) is 14.3. The zero-order valence-electron chi connectivity index (χ0n) is 23.6. The number of ether oxygens (including phenoxy) is 1. The number of fused-ring (bicyclic) bond motifs is 3. The fourth-order valence-electron chi connectivity index (χ4n) is 6.75. The number of likely N-dealkylation sites (N-methyl/N-ethyl adjacent to an activating group) is 1. The summed E-state index contributed by atoms with van der Waals surface area (Å²) in [5, 5.41) is 0.454. The fourth-order valence-corrected chi connectivity index (χ4v) is 7.15. The van der Waals surface area contributed by atoms with Crippen LogP contribution in [0.25, 0.3) is 11.5 Å². The van der Waals surface area contributed by atoms with E-state index < -0.39 is 5.41 Å². The van der Waals surface area contributed by atoms with E-state index in [0.717, 1.165) is 36.3 Å². The molecule has 2 fully saturated rings. The Labute approximate surface area is 247 Å². The smallest absolute Gasteiger partial charge is 0.275 e. The molecule has 1 spiro atoms. The number of morpholine rings is 1. The standard InChI is InChI=1S/C29H32ClN7O5/c1-34-7-3-4-18-23(34)32-28(33-24(18)38)37-8-5-29(6-9-37)22-19(30)14-17(15-21(22)35(2)27(29)40)25-31-20(16-42-25)26(39)36-10-12-41-13-11-36/h14-16H,3-13H2,1-2H3,(H,32,33,38).